The second-order valence-corrected chi connectivity index (χ2v) is 9.24. The van der Waals surface area contributed by atoms with Crippen LogP contribution in [0.3, 0.4) is 0 Å². The fraction of sp³-hybridized carbons (Fsp3) is 0.345. The second kappa shape index (κ2) is 12.1. The number of aliphatic hydroxyl groups is 1. The van der Waals surface area contributed by atoms with Crippen LogP contribution in [0.2, 0.25) is 0 Å². The van der Waals surface area contributed by atoms with Crippen LogP contribution in [0, 0.1) is 5.92 Å². The molecule has 7 nitrogen and oxygen atoms in total. The zero-order chi connectivity index (χ0) is 25.4. The molecule has 3 N–H and O–H groups in total. The average molecular weight is 492 g/mol. The third-order valence-corrected chi connectivity index (χ3v) is 6.80. The van der Waals surface area contributed by atoms with Gasteiger partial charge in [-0.15, -0.1) is 0 Å². The number of hydrogen-bond donors (Lipinski definition) is 3. The van der Waals surface area contributed by atoms with Crippen molar-refractivity contribution in [2.75, 3.05) is 6.61 Å². The number of ether oxygens (including phenoxy) is 3. The molecule has 1 aliphatic carbocycles. The number of nitrogens with one attached hydrogen (secondary N) is 1. The van der Waals surface area contributed by atoms with Gasteiger partial charge in [-0.2, -0.15) is 0 Å². The van der Waals surface area contributed by atoms with Gasteiger partial charge in [0.05, 0.1) is 38.1 Å². The first-order chi connectivity index (χ1) is 17.5. The van der Waals surface area contributed by atoms with Gasteiger partial charge >= 0.3 is 6.09 Å². The maximum atomic E-state index is 11.9. The number of carboxylic acid groups (broad SMARTS) is 1. The Morgan fingerprint density at radius 2 is 1.17 bits per heavy atom. The van der Waals surface area contributed by atoms with Gasteiger partial charge in [-0.25, -0.2) is 4.79 Å². The molecule has 0 unspecified atom stereocenters. The monoisotopic (exact) mass is 491 g/mol. The summed E-state index contributed by atoms with van der Waals surface area (Å²) in [5.74, 6) is -0.598. The van der Waals surface area contributed by atoms with Gasteiger partial charge in [-0.1, -0.05) is 91.0 Å². The van der Waals surface area contributed by atoms with E-state index in [9.17, 15) is 15.0 Å². The highest BCUT2D eigenvalue weighted by Gasteiger charge is 2.60. The molecule has 36 heavy (non-hydrogen) atoms. The minimum Gasteiger partial charge on any atom is -0.465 e. The molecule has 0 bridgehead atoms. The zero-order valence-electron chi connectivity index (χ0n) is 20.3. The highest BCUT2D eigenvalue weighted by Crippen LogP contribution is 2.42. The molecule has 0 radical (unpaired) electrons. The molecule has 1 aliphatic rings. The predicted molar refractivity (Wildman–Crippen MR) is 135 cm³/mol. The van der Waals surface area contributed by atoms with Crippen LogP contribution < -0.4 is 5.32 Å². The summed E-state index contributed by atoms with van der Waals surface area (Å²) in [6, 6.07) is 29.1. The summed E-state index contributed by atoms with van der Waals surface area (Å²) in [6.07, 6.45) is -3.16. The van der Waals surface area contributed by atoms with E-state index in [0.29, 0.717) is 13.2 Å². The quantitative estimate of drug-likeness (QED) is 0.368. The van der Waals surface area contributed by atoms with Crippen molar-refractivity contribution in [3.8, 4) is 0 Å². The van der Waals surface area contributed by atoms with Crippen molar-refractivity contribution < 1.29 is 29.2 Å². The molecular formula is C29H33NO6. The lowest BCUT2D eigenvalue weighted by molar-refractivity contribution is -0.132. The van der Waals surface area contributed by atoms with E-state index in [4.69, 9.17) is 14.2 Å². The first-order valence-corrected chi connectivity index (χ1v) is 12.1. The Labute approximate surface area is 211 Å². The minimum absolute atomic E-state index is 0.261. The summed E-state index contributed by atoms with van der Waals surface area (Å²) >= 11 is 0. The molecule has 5 atom stereocenters. The molecule has 0 spiro atoms. The van der Waals surface area contributed by atoms with Gasteiger partial charge in [0.15, 0.2) is 0 Å². The van der Waals surface area contributed by atoms with Crippen molar-refractivity contribution in [3.63, 3.8) is 0 Å². The SMILES string of the molecule is C[C@@]1(NC(=O)O)[C@H](CO)[C@H](OCc2ccccc2)[C@@H](OCc2ccccc2)[C@H]1OCc1ccccc1. The molecule has 0 aliphatic heterocycles. The molecule has 0 aromatic heterocycles. The molecule has 3 aromatic rings. The third-order valence-electron chi connectivity index (χ3n) is 6.80. The Morgan fingerprint density at radius 1 is 0.750 bits per heavy atom. The van der Waals surface area contributed by atoms with E-state index in [-0.39, 0.29) is 13.2 Å². The van der Waals surface area contributed by atoms with Gasteiger partial charge < -0.3 is 29.7 Å². The van der Waals surface area contributed by atoms with Crippen molar-refractivity contribution in [3.05, 3.63) is 108 Å². The zero-order valence-corrected chi connectivity index (χ0v) is 20.3. The molecule has 1 saturated carbocycles. The van der Waals surface area contributed by atoms with Crippen LogP contribution in [0.5, 0.6) is 0 Å². The summed E-state index contributed by atoms with van der Waals surface area (Å²) in [7, 11) is 0. The van der Waals surface area contributed by atoms with Crippen LogP contribution in [0.15, 0.2) is 91.0 Å². The average Bonchev–Trinajstić information content (AvgIpc) is 3.11. The van der Waals surface area contributed by atoms with Crippen LogP contribution in [0.25, 0.3) is 0 Å². The highest BCUT2D eigenvalue weighted by molar-refractivity contribution is 5.66. The van der Waals surface area contributed by atoms with Gasteiger partial charge in [-0.3, -0.25) is 0 Å². The number of carbonyl (C=O) groups is 1. The first kappa shape index (κ1) is 25.9. The summed E-state index contributed by atoms with van der Waals surface area (Å²) in [5, 5.41) is 22.8. The van der Waals surface area contributed by atoms with Crippen LogP contribution in [0.4, 0.5) is 4.79 Å². The minimum atomic E-state index is -1.20. The lowest BCUT2D eigenvalue weighted by Crippen LogP contribution is -2.58. The molecule has 1 amide bonds. The second-order valence-electron chi connectivity index (χ2n) is 9.24. The molecule has 190 valence electrons. The molecule has 1 fully saturated rings. The van der Waals surface area contributed by atoms with E-state index >= 15 is 0 Å². The van der Waals surface area contributed by atoms with Crippen molar-refractivity contribution in [1.82, 2.24) is 5.32 Å². The van der Waals surface area contributed by atoms with E-state index in [1.54, 1.807) is 6.92 Å². The van der Waals surface area contributed by atoms with E-state index in [0.717, 1.165) is 16.7 Å². The number of hydrogen-bond acceptors (Lipinski definition) is 5. The van der Waals surface area contributed by atoms with E-state index in [1.165, 1.54) is 0 Å². The van der Waals surface area contributed by atoms with Crippen LogP contribution >= 0.6 is 0 Å². The lowest BCUT2D eigenvalue weighted by Gasteiger charge is -2.36. The molecule has 4 rings (SSSR count). The maximum Gasteiger partial charge on any atom is 0.405 e. The Bertz CT molecular complexity index is 1080. The predicted octanol–water partition coefficient (Wildman–Crippen LogP) is 4.39. The van der Waals surface area contributed by atoms with Crippen molar-refractivity contribution in [2.45, 2.75) is 50.6 Å². The molecular weight excluding hydrogens is 458 g/mol. The third kappa shape index (κ3) is 6.12. The highest BCUT2D eigenvalue weighted by atomic mass is 16.6. The Hall–Kier alpha value is -3.23. The maximum absolute atomic E-state index is 11.9. The van der Waals surface area contributed by atoms with Crippen LogP contribution in [-0.4, -0.2) is 46.8 Å². The fourth-order valence-electron chi connectivity index (χ4n) is 4.94. The number of benzene rings is 3. The van der Waals surface area contributed by atoms with E-state index in [1.807, 2.05) is 91.0 Å². The van der Waals surface area contributed by atoms with Crippen molar-refractivity contribution in [2.24, 2.45) is 5.92 Å². The van der Waals surface area contributed by atoms with Crippen molar-refractivity contribution in [1.29, 1.82) is 0 Å². The summed E-state index contributed by atoms with van der Waals surface area (Å²) in [4.78, 5) is 11.9. The van der Waals surface area contributed by atoms with Crippen molar-refractivity contribution >= 4 is 6.09 Å². The number of amides is 1. The van der Waals surface area contributed by atoms with Crippen LogP contribution in [-0.2, 0) is 34.0 Å². The van der Waals surface area contributed by atoms with Gasteiger partial charge in [-0.05, 0) is 23.6 Å². The Kier molecular flexibility index (Phi) is 8.72. The first-order valence-electron chi connectivity index (χ1n) is 12.1. The normalized spacial score (nSPS) is 25.5. The fourth-order valence-corrected chi connectivity index (χ4v) is 4.94. The molecule has 0 saturated heterocycles. The van der Waals surface area contributed by atoms with Crippen LogP contribution in [0.1, 0.15) is 23.6 Å². The topological polar surface area (TPSA) is 97.3 Å². The summed E-state index contributed by atoms with van der Waals surface area (Å²) in [5.41, 5.74) is 1.74. The Balaban J connectivity index is 1.64. The Morgan fingerprint density at radius 3 is 1.58 bits per heavy atom. The number of rotatable bonds is 11. The van der Waals surface area contributed by atoms with Gasteiger partial charge in [0.2, 0.25) is 0 Å². The number of aliphatic hydroxyl groups excluding tert-OH is 1. The van der Waals surface area contributed by atoms with Gasteiger partial charge in [0.25, 0.3) is 0 Å². The largest absolute Gasteiger partial charge is 0.465 e. The van der Waals surface area contributed by atoms with Gasteiger partial charge in [0, 0.05) is 5.92 Å². The summed E-state index contributed by atoms with van der Waals surface area (Å²) < 4.78 is 19.1. The smallest absolute Gasteiger partial charge is 0.405 e. The standard InChI is InChI=1S/C29H33NO6/c1-29(30-28(32)33)24(17-31)25(34-18-21-11-5-2-6-12-21)26(35-19-22-13-7-3-8-14-22)27(29)36-20-23-15-9-4-10-16-23/h2-16,24-27,30-31H,17-20H2,1H3,(H,32,33)/t24-,25+,26-,27-,29-/m1/s1. The lowest BCUT2D eigenvalue weighted by atomic mass is 9.87. The molecule has 3 aromatic carbocycles. The molecule has 0 heterocycles. The van der Waals surface area contributed by atoms with E-state index in [2.05, 4.69) is 5.32 Å². The molecule has 7 heteroatoms. The van der Waals surface area contributed by atoms with Gasteiger partial charge in [0.1, 0.15) is 12.2 Å². The summed E-state index contributed by atoms with van der Waals surface area (Å²) in [6.45, 7) is 2.30. The van der Waals surface area contributed by atoms with E-state index < -0.39 is 35.9 Å².